The number of likely N-dealkylation sites (N-methyl/N-ethyl adjacent to an activating group) is 1. The highest BCUT2D eigenvalue weighted by Crippen LogP contribution is 2.12. The number of hydrogen-bond donors (Lipinski definition) is 0. The van der Waals surface area contributed by atoms with Crippen LogP contribution in [-0.4, -0.2) is 35.2 Å². The van der Waals surface area contributed by atoms with Crippen molar-refractivity contribution in [1.82, 2.24) is 15.0 Å². The van der Waals surface area contributed by atoms with Crippen molar-refractivity contribution in [2.24, 2.45) is 0 Å². The molecule has 0 aliphatic carbocycles. The monoisotopic (exact) mass is 261 g/mol. The summed E-state index contributed by atoms with van der Waals surface area (Å²) in [6, 6.07) is 8.04. The van der Waals surface area contributed by atoms with Gasteiger partial charge in [0.1, 0.15) is 12.4 Å². The van der Waals surface area contributed by atoms with Gasteiger partial charge in [0, 0.05) is 6.54 Å². The molecule has 1 heterocycles. The van der Waals surface area contributed by atoms with E-state index in [2.05, 4.69) is 28.0 Å². The van der Waals surface area contributed by atoms with Crippen molar-refractivity contribution in [3.8, 4) is 5.75 Å². The van der Waals surface area contributed by atoms with Gasteiger partial charge >= 0.3 is 0 Å². The van der Waals surface area contributed by atoms with Crippen molar-refractivity contribution in [2.45, 2.75) is 20.4 Å². The lowest BCUT2D eigenvalue weighted by molar-refractivity contribution is 0.212. The third-order valence-electron chi connectivity index (χ3n) is 2.71. The van der Waals surface area contributed by atoms with Gasteiger partial charge in [0.05, 0.1) is 6.54 Å². The molecule has 0 radical (unpaired) electrons. The van der Waals surface area contributed by atoms with Gasteiger partial charge in [-0.3, -0.25) is 4.90 Å². The molecule has 1 aromatic heterocycles. The largest absolute Gasteiger partial charge is 0.492 e. The Morgan fingerprint density at radius 3 is 2.84 bits per heavy atom. The van der Waals surface area contributed by atoms with Crippen molar-refractivity contribution in [3.05, 3.63) is 41.5 Å². The summed E-state index contributed by atoms with van der Waals surface area (Å²) < 4.78 is 10.8. The molecule has 0 aliphatic rings. The highest BCUT2D eigenvalue weighted by molar-refractivity contribution is 5.27. The fourth-order valence-electron chi connectivity index (χ4n) is 1.74. The number of nitrogens with zero attached hydrogens (tertiary/aromatic N) is 3. The molecule has 0 unspecified atom stereocenters. The Kier molecular flexibility index (Phi) is 4.52. The highest BCUT2D eigenvalue weighted by Gasteiger charge is 2.06. The molecule has 0 bridgehead atoms. The predicted octanol–water partition coefficient (Wildman–Crippen LogP) is 2.20. The van der Waals surface area contributed by atoms with Crippen LogP contribution in [0.5, 0.6) is 5.75 Å². The fraction of sp³-hybridized carbons (Fsp3) is 0.429. The molecular formula is C14H19N3O2. The van der Waals surface area contributed by atoms with Crippen LogP contribution in [-0.2, 0) is 6.54 Å². The van der Waals surface area contributed by atoms with Crippen molar-refractivity contribution in [2.75, 3.05) is 20.2 Å². The number of ether oxygens (including phenoxy) is 1. The van der Waals surface area contributed by atoms with Gasteiger partial charge in [0.2, 0.25) is 5.89 Å². The van der Waals surface area contributed by atoms with Gasteiger partial charge in [-0.1, -0.05) is 17.3 Å². The Morgan fingerprint density at radius 2 is 2.16 bits per heavy atom. The fourth-order valence-corrected chi connectivity index (χ4v) is 1.74. The van der Waals surface area contributed by atoms with Gasteiger partial charge < -0.3 is 9.26 Å². The molecule has 0 fully saturated rings. The molecule has 2 aromatic rings. The number of rotatable bonds is 6. The first-order chi connectivity index (χ1) is 9.13. The Morgan fingerprint density at radius 1 is 1.32 bits per heavy atom. The molecule has 0 atom stereocenters. The molecule has 0 spiro atoms. The van der Waals surface area contributed by atoms with E-state index in [-0.39, 0.29) is 0 Å². The molecule has 0 saturated heterocycles. The van der Waals surface area contributed by atoms with Gasteiger partial charge in [0.15, 0.2) is 5.82 Å². The summed E-state index contributed by atoms with van der Waals surface area (Å²) in [5.74, 6) is 2.21. The van der Waals surface area contributed by atoms with E-state index in [4.69, 9.17) is 9.26 Å². The van der Waals surface area contributed by atoms with Crippen molar-refractivity contribution >= 4 is 0 Å². The molecule has 2 rings (SSSR count). The minimum atomic E-state index is 0.632. The summed E-state index contributed by atoms with van der Waals surface area (Å²) in [6.07, 6.45) is 0. The van der Waals surface area contributed by atoms with Crippen LogP contribution in [0.3, 0.4) is 0 Å². The zero-order valence-corrected chi connectivity index (χ0v) is 11.6. The van der Waals surface area contributed by atoms with Gasteiger partial charge in [-0.25, -0.2) is 0 Å². The van der Waals surface area contributed by atoms with Gasteiger partial charge in [-0.15, -0.1) is 0 Å². The summed E-state index contributed by atoms with van der Waals surface area (Å²) >= 11 is 0. The van der Waals surface area contributed by atoms with E-state index < -0.39 is 0 Å². The maximum atomic E-state index is 5.69. The van der Waals surface area contributed by atoms with Crippen LogP contribution in [0.4, 0.5) is 0 Å². The maximum absolute atomic E-state index is 5.69. The van der Waals surface area contributed by atoms with Crippen molar-refractivity contribution < 1.29 is 9.26 Å². The Labute approximate surface area is 113 Å². The summed E-state index contributed by atoms with van der Waals surface area (Å²) in [6.45, 7) is 5.94. The second-order valence-corrected chi connectivity index (χ2v) is 4.64. The van der Waals surface area contributed by atoms with E-state index in [1.165, 1.54) is 5.56 Å². The summed E-state index contributed by atoms with van der Waals surface area (Å²) in [5.41, 5.74) is 1.20. The van der Waals surface area contributed by atoms with Crippen LogP contribution < -0.4 is 4.74 Å². The highest BCUT2D eigenvalue weighted by atomic mass is 16.5. The SMILES string of the molecule is Cc1cccc(OCCN(C)Cc2nc(C)no2)c1. The summed E-state index contributed by atoms with van der Waals surface area (Å²) in [5, 5.41) is 3.76. The van der Waals surface area contributed by atoms with Crippen LogP contribution in [0.25, 0.3) is 0 Å². The molecule has 0 saturated carbocycles. The van der Waals surface area contributed by atoms with Crippen molar-refractivity contribution in [1.29, 1.82) is 0 Å². The van der Waals surface area contributed by atoms with E-state index in [1.807, 2.05) is 32.2 Å². The molecule has 5 heteroatoms. The minimum absolute atomic E-state index is 0.632. The molecule has 5 nitrogen and oxygen atoms in total. The zero-order chi connectivity index (χ0) is 13.7. The number of hydrogen-bond acceptors (Lipinski definition) is 5. The normalized spacial score (nSPS) is 10.9. The first kappa shape index (κ1) is 13.5. The third-order valence-corrected chi connectivity index (χ3v) is 2.71. The smallest absolute Gasteiger partial charge is 0.240 e. The first-order valence-electron chi connectivity index (χ1n) is 6.30. The number of benzene rings is 1. The van der Waals surface area contributed by atoms with Crippen LogP contribution >= 0.6 is 0 Å². The van der Waals surface area contributed by atoms with E-state index in [9.17, 15) is 0 Å². The Hall–Kier alpha value is -1.88. The van der Waals surface area contributed by atoms with E-state index in [0.29, 0.717) is 24.9 Å². The lowest BCUT2D eigenvalue weighted by Gasteiger charge is -2.14. The molecule has 0 amide bonds. The van der Waals surface area contributed by atoms with E-state index >= 15 is 0 Å². The Balaban J connectivity index is 1.73. The van der Waals surface area contributed by atoms with E-state index in [1.54, 1.807) is 0 Å². The number of aryl methyl sites for hydroxylation is 2. The molecule has 102 valence electrons. The molecule has 19 heavy (non-hydrogen) atoms. The quantitative estimate of drug-likeness (QED) is 0.798. The van der Waals surface area contributed by atoms with Crippen LogP contribution in [0.2, 0.25) is 0 Å². The second-order valence-electron chi connectivity index (χ2n) is 4.64. The minimum Gasteiger partial charge on any atom is -0.492 e. The molecule has 1 aromatic carbocycles. The van der Waals surface area contributed by atoms with Gasteiger partial charge in [-0.05, 0) is 38.6 Å². The molecular weight excluding hydrogens is 242 g/mol. The summed E-state index contributed by atoms with van der Waals surface area (Å²) in [7, 11) is 2.00. The molecule has 0 aliphatic heterocycles. The predicted molar refractivity (Wildman–Crippen MR) is 72.0 cm³/mol. The summed E-state index contributed by atoms with van der Waals surface area (Å²) in [4.78, 5) is 6.25. The van der Waals surface area contributed by atoms with Crippen LogP contribution in [0.1, 0.15) is 17.3 Å². The van der Waals surface area contributed by atoms with Crippen LogP contribution in [0, 0.1) is 13.8 Å². The maximum Gasteiger partial charge on any atom is 0.240 e. The zero-order valence-electron chi connectivity index (χ0n) is 11.6. The molecule has 0 N–H and O–H groups in total. The average molecular weight is 261 g/mol. The van der Waals surface area contributed by atoms with E-state index in [0.717, 1.165) is 12.3 Å². The van der Waals surface area contributed by atoms with Crippen LogP contribution in [0.15, 0.2) is 28.8 Å². The standard InChI is InChI=1S/C14H19N3O2/c1-11-5-4-6-13(9-11)18-8-7-17(3)10-14-15-12(2)16-19-14/h4-6,9H,7-8,10H2,1-3H3. The first-order valence-corrected chi connectivity index (χ1v) is 6.30. The lowest BCUT2D eigenvalue weighted by atomic mass is 10.2. The topological polar surface area (TPSA) is 51.4 Å². The number of aromatic nitrogens is 2. The lowest BCUT2D eigenvalue weighted by Crippen LogP contribution is -2.24. The van der Waals surface area contributed by atoms with Gasteiger partial charge in [-0.2, -0.15) is 4.98 Å². The average Bonchev–Trinajstić information content (AvgIpc) is 2.75. The second kappa shape index (κ2) is 6.33. The third kappa shape index (κ3) is 4.37. The Bertz CT molecular complexity index is 525. The van der Waals surface area contributed by atoms with Gasteiger partial charge in [0.25, 0.3) is 0 Å². The van der Waals surface area contributed by atoms with Crippen molar-refractivity contribution in [3.63, 3.8) is 0 Å².